The van der Waals surface area contributed by atoms with Crippen LogP contribution in [0.15, 0.2) is 54.7 Å². The van der Waals surface area contributed by atoms with Crippen LogP contribution in [0.25, 0.3) is 0 Å². The van der Waals surface area contributed by atoms with Crippen LogP contribution in [0.2, 0.25) is 0 Å². The Hall–Kier alpha value is -2.92. The molecule has 0 amide bonds. The molecule has 2 aromatic carbocycles. The summed E-state index contributed by atoms with van der Waals surface area (Å²) in [5.74, 6) is 0.0397. The Kier molecular flexibility index (Phi) is 6.11. The summed E-state index contributed by atoms with van der Waals surface area (Å²) >= 11 is 0. The van der Waals surface area contributed by atoms with Gasteiger partial charge in [-0.1, -0.05) is 35.5 Å². The van der Waals surface area contributed by atoms with E-state index in [1.54, 1.807) is 11.7 Å². The smallest absolute Gasteiger partial charge is 0.371 e. The normalized spacial score (nSPS) is 26.4. The number of hydrogen-bond donors (Lipinski definition) is 1. The molecule has 0 radical (unpaired) electrons. The van der Waals surface area contributed by atoms with Gasteiger partial charge in [-0.3, -0.25) is 4.68 Å². The lowest BCUT2D eigenvalue weighted by molar-refractivity contribution is -0.143. The van der Waals surface area contributed by atoms with E-state index in [9.17, 15) is 26.3 Å². The second-order valence-corrected chi connectivity index (χ2v) is 9.51. The van der Waals surface area contributed by atoms with Crippen LogP contribution in [-0.4, -0.2) is 27.1 Å². The number of halogens is 6. The van der Waals surface area contributed by atoms with Crippen molar-refractivity contribution in [2.24, 2.45) is 7.05 Å². The van der Waals surface area contributed by atoms with E-state index >= 15 is 0 Å². The number of hydrogen-bond acceptors (Lipinski definition) is 4. The fraction of sp³-hybridized carbons (Fsp3) is 0.440. The molecule has 0 unspecified atom stereocenters. The second kappa shape index (κ2) is 8.88. The fourth-order valence-corrected chi connectivity index (χ4v) is 5.55. The average Bonchev–Trinajstić information content (AvgIpc) is 3.39. The molecule has 2 aliphatic heterocycles. The molecule has 5 nitrogen and oxygen atoms in total. The Bertz CT molecular complexity index is 1190. The molecule has 11 heteroatoms. The highest BCUT2D eigenvalue weighted by atomic mass is 19.4. The molecular formula is C25H24F6N4O. The highest BCUT2D eigenvalue weighted by molar-refractivity contribution is 5.35. The van der Waals surface area contributed by atoms with E-state index in [4.69, 9.17) is 4.74 Å². The van der Waals surface area contributed by atoms with Crippen molar-refractivity contribution in [3.8, 4) is 0 Å². The lowest BCUT2D eigenvalue weighted by Gasteiger charge is -2.42. The Morgan fingerprint density at radius 3 is 2.25 bits per heavy atom. The van der Waals surface area contributed by atoms with Crippen LogP contribution in [0.3, 0.4) is 0 Å². The highest BCUT2D eigenvalue weighted by Crippen LogP contribution is 2.50. The zero-order valence-electron chi connectivity index (χ0n) is 19.3. The second-order valence-electron chi connectivity index (χ2n) is 9.51. The molecule has 2 saturated heterocycles. The van der Waals surface area contributed by atoms with E-state index < -0.39 is 35.1 Å². The molecule has 2 aliphatic rings. The van der Waals surface area contributed by atoms with E-state index in [0.29, 0.717) is 12.8 Å². The summed E-state index contributed by atoms with van der Waals surface area (Å²) in [6.45, 7) is -0.381. The van der Waals surface area contributed by atoms with Crippen molar-refractivity contribution in [3.05, 3.63) is 82.7 Å². The minimum absolute atomic E-state index is 0.0397. The van der Waals surface area contributed by atoms with Crippen molar-refractivity contribution < 1.29 is 31.1 Å². The zero-order chi connectivity index (χ0) is 25.7. The maximum atomic E-state index is 13.3. The molecule has 2 fully saturated rings. The van der Waals surface area contributed by atoms with E-state index in [2.05, 4.69) is 15.6 Å². The van der Waals surface area contributed by atoms with E-state index in [1.807, 2.05) is 36.5 Å². The van der Waals surface area contributed by atoms with Gasteiger partial charge in [-0.25, -0.2) is 0 Å². The van der Waals surface area contributed by atoms with Gasteiger partial charge in [-0.05, 0) is 48.6 Å². The SMILES string of the molecule is Cn1cc([C@@H]2C[C@]3(c4ccccc4)N[C@H]2CC[C@H]3OCc2cc(C(F)(F)F)cc(C(F)(F)F)c2)nn1. The molecule has 3 heterocycles. The van der Waals surface area contributed by atoms with Gasteiger partial charge >= 0.3 is 12.4 Å². The van der Waals surface area contributed by atoms with Gasteiger partial charge in [0.1, 0.15) is 0 Å². The summed E-state index contributed by atoms with van der Waals surface area (Å²) in [6.07, 6.45) is -6.50. The van der Waals surface area contributed by atoms with Gasteiger partial charge in [-0.2, -0.15) is 26.3 Å². The first-order chi connectivity index (χ1) is 17.0. The van der Waals surface area contributed by atoms with Crippen molar-refractivity contribution in [2.45, 2.75) is 61.8 Å². The number of ether oxygens (including phenoxy) is 1. The maximum Gasteiger partial charge on any atom is 0.416 e. The number of piperidine rings is 1. The average molecular weight is 510 g/mol. The van der Waals surface area contributed by atoms with Crippen LogP contribution >= 0.6 is 0 Å². The summed E-state index contributed by atoms with van der Waals surface area (Å²) < 4.78 is 87.6. The van der Waals surface area contributed by atoms with Crippen LogP contribution in [0, 0.1) is 0 Å². The number of aromatic nitrogens is 3. The van der Waals surface area contributed by atoms with Crippen molar-refractivity contribution in [2.75, 3.05) is 0 Å². The third-order valence-electron chi connectivity index (χ3n) is 7.15. The number of fused-ring (bicyclic) bond motifs is 2. The molecule has 0 saturated carbocycles. The Labute approximate surface area is 203 Å². The van der Waals surface area contributed by atoms with Crippen LogP contribution in [-0.2, 0) is 36.3 Å². The van der Waals surface area contributed by atoms with Crippen molar-refractivity contribution in [1.82, 2.24) is 20.3 Å². The molecule has 1 aromatic heterocycles. The van der Waals surface area contributed by atoms with Gasteiger partial charge in [0.15, 0.2) is 0 Å². The number of rotatable bonds is 5. The standard InChI is InChI=1S/C25H24F6N4O/c1-35-13-21(33-34-35)19-12-23(16-5-3-2-4-6-16)22(8-7-20(19)32-23)36-14-15-9-17(24(26,27)28)11-18(10-15)25(29,30)31/h2-6,9-11,13,19-20,22,32H,7-8,12,14H2,1H3/t19-,20+,22-,23-/m1/s1. The summed E-state index contributed by atoms with van der Waals surface area (Å²) in [6, 6.07) is 11.2. The molecule has 5 rings (SSSR count). The molecule has 2 bridgehead atoms. The Morgan fingerprint density at radius 2 is 1.67 bits per heavy atom. The molecule has 36 heavy (non-hydrogen) atoms. The number of alkyl halides is 6. The summed E-state index contributed by atoms with van der Waals surface area (Å²) in [5, 5.41) is 12.0. The summed E-state index contributed by atoms with van der Waals surface area (Å²) in [4.78, 5) is 0. The first-order valence-corrected chi connectivity index (χ1v) is 11.5. The number of aryl methyl sites for hydroxylation is 1. The monoisotopic (exact) mass is 510 g/mol. The number of nitrogens with one attached hydrogen (secondary N) is 1. The van der Waals surface area contributed by atoms with Crippen LogP contribution in [0.1, 0.15) is 53.1 Å². The van der Waals surface area contributed by atoms with Crippen molar-refractivity contribution >= 4 is 0 Å². The predicted molar refractivity (Wildman–Crippen MR) is 118 cm³/mol. The molecule has 4 atom stereocenters. The van der Waals surface area contributed by atoms with Crippen LogP contribution < -0.4 is 5.32 Å². The first kappa shape index (κ1) is 24.8. The van der Waals surface area contributed by atoms with E-state index in [0.717, 1.165) is 29.8 Å². The molecular weight excluding hydrogens is 486 g/mol. The van der Waals surface area contributed by atoms with Crippen molar-refractivity contribution in [1.29, 1.82) is 0 Å². The number of benzene rings is 2. The molecule has 192 valence electrons. The quantitative estimate of drug-likeness (QED) is 0.456. The first-order valence-electron chi connectivity index (χ1n) is 11.5. The molecule has 0 spiro atoms. The van der Waals surface area contributed by atoms with E-state index in [1.165, 1.54) is 0 Å². The van der Waals surface area contributed by atoms with Crippen LogP contribution in [0.5, 0.6) is 0 Å². The van der Waals surface area contributed by atoms with Crippen molar-refractivity contribution in [3.63, 3.8) is 0 Å². The molecule has 1 N–H and O–H groups in total. The van der Waals surface area contributed by atoms with Gasteiger partial charge in [-0.15, -0.1) is 5.10 Å². The van der Waals surface area contributed by atoms with Gasteiger partial charge in [0, 0.05) is 25.2 Å². The minimum Gasteiger partial charge on any atom is -0.371 e. The maximum absolute atomic E-state index is 13.3. The third kappa shape index (κ3) is 4.61. The lowest BCUT2D eigenvalue weighted by atomic mass is 9.79. The topological polar surface area (TPSA) is 52.0 Å². The summed E-state index contributed by atoms with van der Waals surface area (Å²) in [5.41, 5.74) is -1.75. The van der Waals surface area contributed by atoms with Gasteiger partial charge in [0.05, 0.1) is 35.1 Å². The fourth-order valence-electron chi connectivity index (χ4n) is 5.55. The highest BCUT2D eigenvalue weighted by Gasteiger charge is 2.55. The third-order valence-corrected chi connectivity index (χ3v) is 7.15. The predicted octanol–water partition coefficient (Wildman–Crippen LogP) is 5.57. The zero-order valence-corrected chi connectivity index (χ0v) is 19.3. The Balaban J connectivity index is 1.46. The molecule has 0 aliphatic carbocycles. The van der Waals surface area contributed by atoms with E-state index in [-0.39, 0.29) is 30.2 Å². The largest absolute Gasteiger partial charge is 0.416 e. The number of nitrogens with zero attached hydrogens (tertiary/aromatic N) is 3. The van der Waals surface area contributed by atoms with Gasteiger partial charge < -0.3 is 10.1 Å². The molecule has 3 aromatic rings. The summed E-state index contributed by atoms with van der Waals surface area (Å²) in [7, 11) is 1.79. The minimum atomic E-state index is -4.91. The van der Waals surface area contributed by atoms with Gasteiger partial charge in [0.25, 0.3) is 0 Å². The van der Waals surface area contributed by atoms with Gasteiger partial charge in [0.2, 0.25) is 0 Å². The van der Waals surface area contributed by atoms with Crippen LogP contribution in [0.4, 0.5) is 26.3 Å². The lowest BCUT2D eigenvalue weighted by Crippen LogP contribution is -2.54. The Morgan fingerprint density at radius 1 is 1.00 bits per heavy atom.